The molecule has 0 unspecified atom stereocenters. The van der Waals surface area contributed by atoms with Crippen LogP contribution in [0.25, 0.3) is 0 Å². The van der Waals surface area contributed by atoms with Crippen molar-refractivity contribution in [3.8, 4) is 0 Å². The van der Waals surface area contributed by atoms with Crippen LogP contribution in [0, 0.1) is 5.92 Å². The summed E-state index contributed by atoms with van der Waals surface area (Å²) in [6, 6.07) is 0. The zero-order chi connectivity index (χ0) is 9.90. The SMILES string of the molecule is COC(=O)CC1(N)CCC(C)CC1. The van der Waals surface area contributed by atoms with Gasteiger partial charge in [0, 0.05) is 5.54 Å². The molecule has 1 fully saturated rings. The van der Waals surface area contributed by atoms with Crippen LogP contribution < -0.4 is 5.73 Å². The fourth-order valence-corrected chi connectivity index (χ4v) is 1.87. The van der Waals surface area contributed by atoms with Crippen LogP contribution in [0.4, 0.5) is 0 Å². The van der Waals surface area contributed by atoms with Crippen molar-refractivity contribution in [1.82, 2.24) is 0 Å². The highest BCUT2D eigenvalue weighted by Crippen LogP contribution is 2.32. The summed E-state index contributed by atoms with van der Waals surface area (Å²) in [5.74, 6) is 0.575. The summed E-state index contributed by atoms with van der Waals surface area (Å²) in [6.07, 6.45) is 4.53. The largest absolute Gasteiger partial charge is 0.469 e. The van der Waals surface area contributed by atoms with E-state index in [-0.39, 0.29) is 11.5 Å². The van der Waals surface area contributed by atoms with E-state index in [4.69, 9.17) is 5.73 Å². The third kappa shape index (κ3) is 2.99. The van der Waals surface area contributed by atoms with Crippen LogP contribution in [-0.4, -0.2) is 18.6 Å². The van der Waals surface area contributed by atoms with Crippen molar-refractivity contribution in [2.75, 3.05) is 7.11 Å². The van der Waals surface area contributed by atoms with Crippen molar-refractivity contribution in [1.29, 1.82) is 0 Å². The van der Waals surface area contributed by atoms with Gasteiger partial charge in [-0.25, -0.2) is 0 Å². The molecule has 0 aromatic rings. The van der Waals surface area contributed by atoms with Crippen molar-refractivity contribution >= 4 is 5.97 Å². The third-order valence-corrected chi connectivity index (χ3v) is 2.99. The van der Waals surface area contributed by atoms with Gasteiger partial charge in [-0.2, -0.15) is 0 Å². The Morgan fingerprint density at radius 3 is 2.54 bits per heavy atom. The number of esters is 1. The van der Waals surface area contributed by atoms with Crippen LogP contribution in [0.2, 0.25) is 0 Å². The maximum Gasteiger partial charge on any atom is 0.307 e. The normalized spacial score (nSPS) is 34.2. The predicted octanol–water partition coefficient (Wildman–Crippen LogP) is 1.46. The van der Waals surface area contributed by atoms with E-state index in [2.05, 4.69) is 11.7 Å². The van der Waals surface area contributed by atoms with Gasteiger partial charge in [0.15, 0.2) is 0 Å². The van der Waals surface area contributed by atoms with Gasteiger partial charge in [-0.3, -0.25) is 4.79 Å². The topological polar surface area (TPSA) is 52.3 Å². The minimum absolute atomic E-state index is 0.183. The Balaban J connectivity index is 2.43. The number of carbonyl (C=O) groups is 1. The first kappa shape index (κ1) is 10.5. The van der Waals surface area contributed by atoms with Crippen LogP contribution in [-0.2, 0) is 9.53 Å². The highest BCUT2D eigenvalue weighted by atomic mass is 16.5. The van der Waals surface area contributed by atoms with Gasteiger partial charge >= 0.3 is 5.97 Å². The van der Waals surface area contributed by atoms with E-state index in [9.17, 15) is 4.79 Å². The summed E-state index contributed by atoms with van der Waals surface area (Å²) < 4.78 is 4.63. The van der Waals surface area contributed by atoms with Gasteiger partial charge in [0.2, 0.25) is 0 Å². The highest BCUT2D eigenvalue weighted by Gasteiger charge is 2.32. The Hall–Kier alpha value is -0.570. The third-order valence-electron chi connectivity index (χ3n) is 2.99. The molecule has 0 aromatic heterocycles. The molecule has 0 aliphatic heterocycles. The molecule has 0 heterocycles. The predicted molar refractivity (Wildman–Crippen MR) is 51.2 cm³/mol. The Kier molecular flexibility index (Phi) is 3.31. The average Bonchev–Trinajstić information content (AvgIpc) is 2.10. The molecule has 0 aromatic carbocycles. The zero-order valence-electron chi connectivity index (χ0n) is 8.51. The molecule has 0 bridgehead atoms. The lowest BCUT2D eigenvalue weighted by Crippen LogP contribution is -2.45. The van der Waals surface area contributed by atoms with Gasteiger partial charge in [-0.1, -0.05) is 6.92 Å². The van der Waals surface area contributed by atoms with Gasteiger partial charge in [-0.15, -0.1) is 0 Å². The van der Waals surface area contributed by atoms with E-state index in [1.165, 1.54) is 7.11 Å². The van der Waals surface area contributed by atoms with Gasteiger partial charge in [0.25, 0.3) is 0 Å². The van der Waals surface area contributed by atoms with Gasteiger partial charge < -0.3 is 10.5 Å². The second kappa shape index (κ2) is 4.09. The summed E-state index contributed by atoms with van der Waals surface area (Å²) in [7, 11) is 1.41. The molecule has 2 N–H and O–H groups in total. The van der Waals surface area contributed by atoms with E-state index in [0.29, 0.717) is 6.42 Å². The lowest BCUT2D eigenvalue weighted by Gasteiger charge is -2.35. The van der Waals surface area contributed by atoms with Crippen LogP contribution in [0.1, 0.15) is 39.0 Å². The first-order chi connectivity index (χ1) is 6.06. The number of carbonyl (C=O) groups excluding carboxylic acids is 1. The van der Waals surface area contributed by atoms with Crippen molar-refractivity contribution < 1.29 is 9.53 Å². The second-order valence-corrected chi connectivity index (χ2v) is 4.30. The molecule has 0 saturated heterocycles. The van der Waals surface area contributed by atoms with Crippen molar-refractivity contribution in [2.45, 2.75) is 44.6 Å². The monoisotopic (exact) mass is 185 g/mol. The number of nitrogens with two attached hydrogens (primary N) is 1. The minimum atomic E-state index is -0.292. The lowest BCUT2D eigenvalue weighted by molar-refractivity contribution is -0.142. The molecule has 1 saturated carbocycles. The smallest absolute Gasteiger partial charge is 0.307 e. The van der Waals surface area contributed by atoms with Gasteiger partial charge in [0.1, 0.15) is 0 Å². The van der Waals surface area contributed by atoms with E-state index in [0.717, 1.165) is 31.6 Å². The number of hydrogen-bond donors (Lipinski definition) is 1. The molecule has 3 heteroatoms. The Morgan fingerprint density at radius 2 is 2.08 bits per heavy atom. The van der Waals surface area contributed by atoms with Gasteiger partial charge in [0.05, 0.1) is 13.5 Å². The molecular weight excluding hydrogens is 166 g/mol. The second-order valence-electron chi connectivity index (χ2n) is 4.30. The molecule has 0 atom stereocenters. The minimum Gasteiger partial charge on any atom is -0.469 e. The van der Waals surface area contributed by atoms with Crippen LogP contribution in [0.3, 0.4) is 0 Å². The molecule has 0 amide bonds. The quantitative estimate of drug-likeness (QED) is 0.662. The number of rotatable bonds is 2. The highest BCUT2D eigenvalue weighted by molar-refractivity contribution is 5.70. The number of ether oxygens (including phenoxy) is 1. The maximum absolute atomic E-state index is 11.1. The number of hydrogen-bond acceptors (Lipinski definition) is 3. The first-order valence-electron chi connectivity index (χ1n) is 4.91. The molecule has 13 heavy (non-hydrogen) atoms. The Labute approximate surface area is 79.6 Å². The van der Waals surface area contributed by atoms with Crippen molar-refractivity contribution in [3.05, 3.63) is 0 Å². The van der Waals surface area contributed by atoms with E-state index in [1.54, 1.807) is 0 Å². The number of methoxy groups -OCH3 is 1. The molecular formula is C10H19NO2. The molecule has 0 spiro atoms. The Morgan fingerprint density at radius 1 is 1.54 bits per heavy atom. The zero-order valence-corrected chi connectivity index (χ0v) is 8.51. The summed E-state index contributed by atoms with van der Waals surface area (Å²) in [6.45, 7) is 2.23. The summed E-state index contributed by atoms with van der Waals surface area (Å²) in [5, 5.41) is 0. The molecule has 1 aliphatic rings. The lowest BCUT2D eigenvalue weighted by atomic mass is 9.76. The fourth-order valence-electron chi connectivity index (χ4n) is 1.87. The molecule has 1 rings (SSSR count). The summed E-state index contributed by atoms with van der Waals surface area (Å²) in [4.78, 5) is 11.1. The van der Waals surface area contributed by atoms with Gasteiger partial charge in [-0.05, 0) is 31.6 Å². The molecule has 3 nitrogen and oxygen atoms in total. The summed E-state index contributed by atoms with van der Waals surface area (Å²) >= 11 is 0. The first-order valence-corrected chi connectivity index (χ1v) is 4.91. The fraction of sp³-hybridized carbons (Fsp3) is 0.900. The van der Waals surface area contributed by atoms with Crippen molar-refractivity contribution in [2.24, 2.45) is 11.7 Å². The molecule has 0 radical (unpaired) electrons. The van der Waals surface area contributed by atoms with Crippen molar-refractivity contribution in [3.63, 3.8) is 0 Å². The standard InChI is InChI=1S/C10H19NO2/c1-8-3-5-10(11,6-4-8)7-9(12)13-2/h8H,3-7,11H2,1-2H3. The average molecular weight is 185 g/mol. The summed E-state index contributed by atoms with van der Waals surface area (Å²) in [5.41, 5.74) is 5.80. The maximum atomic E-state index is 11.1. The van der Waals surface area contributed by atoms with E-state index >= 15 is 0 Å². The molecule has 1 aliphatic carbocycles. The van der Waals surface area contributed by atoms with Crippen LogP contribution >= 0.6 is 0 Å². The molecule has 76 valence electrons. The van der Waals surface area contributed by atoms with Crippen LogP contribution in [0.15, 0.2) is 0 Å². The van der Waals surface area contributed by atoms with E-state index in [1.807, 2.05) is 0 Å². The van der Waals surface area contributed by atoms with Crippen LogP contribution in [0.5, 0.6) is 0 Å². The van der Waals surface area contributed by atoms with E-state index < -0.39 is 0 Å². The Bertz CT molecular complexity index is 183.